The highest BCUT2D eigenvalue weighted by Gasteiger charge is 2.19. The minimum absolute atomic E-state index is 0.371. The van der Waals surface area contributed by atoms with E-state index in [1.54, 1.807) is 0 Å². The van der Waals surface area contributed by atoms with E-state index in [9.17, 15) is 5.11 Å². The van der Waals surface area contributed by atoms with Crippen LogP contribution in [0.15, 0.2) is 0 Å². The van der Waals surface area contributed by atoms with E-state index in [2.05, 4.69) is 25.4 Å². The van der Waals surface area contributed by atoms with Crippen molar-refractivity contribution in [1.29, 1.82) is 0 Å². The molecule has 19 heavy (non-hydrogen) atoms. The molecule has 0 aromatic heterocycles. The third-order valence-corrected chi connectivity index (χ3v) is 5.04. The van der Waals surface area contributed by atoms with Crippen LogP contribution in [0.1, 0.15) is 46.0 Å². The van der Waals surface area contributed by atoms with E-state index in [0.29, 0.717) is 24.5 Å². The molecule has 0 aromatic carbocycles. The largest absolute Gasteiger partial charge is 0.389 e. The highest BCUT2D eigenvalue weighted by atomic mass is 32.2. The Balaban J connectivity index is 1.97. The molecule has 0 aromatic rings. The van der Waals surface area contributed by atoms with Gasteiger partial charge in [-0.25, -0.2) is 0 Å². The Hall–Kier alpha value is 0.230. The Morgan fingerprint density at radius 2 is 2.00 bits per heavy atom. The van der Waals surface area contributed by atoms with Gasteiger partial charge in [0.25, 0.3) is 0 Å². The number of aliphatic hydroxyl groups excluding tert-OH is 1. The van der Waals surface area contributed by atoms with Crippen LogP contribution in [-0.4, -0.2) is 48.5 Å². The Morgan fingerprint density at radius 3 is 2.63 bits per heavy atom. The first-order valence-corrected chi connectivity index (χ1v) is 8.93. The van der Waals surface area contributed by atoms with Gasteiger partial charge in [0.1, 0.15) is 0 Å². The van der Waals surface area contributed by atoms with Crippen LogP contribution >= 0.6 is 11.8 Å². The summed E-state index contributed by atoms with van der Waals surface area (Å²) in [6, 6.07) is 0. The fourth-order valence-corrected chi connectivity index (χ4v) is 2.75. The molecule has 0 radical (unpaired) electrons. The van der Waals surface area contributed by atoms with E-state index in [4.69, 9.17) is 4.74 Å². The normalized spacial score (nSPS) is 27.2. The fraction of sp³-hybridized carbons (Fsp3) is 1.00. The molecule has 1 fully saturated rings. The van der Waals surface area contributed by atoms with Gasteiger partial charge in [0.15, 0.2) is 0 Å². The second-order valence-corrected chi connectivity index (χ2v) is 7.18. The van der Waals surface area contributed by atoms with E-state index in [-0.39, 0.29) is 6.10 Å². The monoisotopic (exact) mass is 289 g/mol. The SMILES string of the molecule is CSC(C)CCNCC(O)COC1CCC(C)CC1. The Bertz CT molecular complexity index is 220. The number of hydrogen-bond acceptors (Lipinski definition) is 4. The quantitative estimate of drug-likeness (QED) is 0.640. The first-order valence-electron chi connectivity index (χ1n) is 7.65. The molecule has 1 aliphatic rings. The molecule has 1 rings (SSSR count). The van der Waals surface area contributed by atoms with Crippen molar-refractivity contribution in [1.82, 2.24) is 5.32 Å². The highest BCUT2D eigenvalue weighted by molar-refractivity contribution is 7.99. The van der Waals surface area contributed by atoms with Crippen molar-refractivity contribution in [3.63, 3.8) is 0 Å². The van der Waals surface area contributed by atoms with Crippen molar-refractivity contribution in [2.75, 3.05) is 26.0 Å². The molecule has 0 spiro atoms. The van der Waals surface area contributed by atoms with E-state index in [1.165, 1.54) is 12.8 Å². The molecule has 0 bridgehead atoms. The molecule has 0 amide bonds. The zero-order valence-electron chi connectivity index (χ0n) is 12.7. The minimum Gasteiger partial charge on any atom is -0.389 e. The summed E-state index contributed by atoms with van der Waals surface area (Å²) < 4.78 is 5.80. The van der Waals surface area contributed by atoms with Gasteiger partial charge in [0.2, 0.25) is 0 Å². The summed E-state index contributed by atoms with van der Waals surface area (Å²) >= 11 is 1.89. The summed E-state index contributed by atoms with van der Waals surface area (Å²) in [4.78, 5) is 0. The average Bonchev–Trinajstić information content (AvgIpc) is 2.42. The summed E-state index contributed by atoms with van der Waals surface area (Å²) in [5.41, 5.74) is 0. The van der Waals surface area contributed by atoms with Crippen molar-refractivity contribution in [2.24, 2.45) is 5.92 Å². The maximum atomic E-state index is 9.86. The number of thioether (sulfide) groups is 1. The third-order valence-electron chi connectivity index (χ3n) is 4.00. The predicted molar refractivity (Wildman–Crippen MR) is 83.8 cm³/mol. The van der Waals surface area contributed by atoms with Gasteiger partial charge in [-0.2, -0.15) is 11.8 Å². The number of rotatable bonds is 9. The maximum Gasteiger partial charge on any atom is 0.0897 e. The molecular formula is C15H31NO2S. The Labute approximate surface area is 122 Å². The zero-order chi connectivity index (χ0) is 14.1. The van der Waals surface area contributed by atoms with Crippen LogP contribution in [0, 0.1) is 5.92 Å². The lowest BCUT2D eigenvalue weighted by molar-refractivity contribution is -0.0277. The van der Waals surface area contributed by atoms with Crippen molar-refractivity contribution in [2.45, 2.75) is 63.4 Å². The number of aliphatic hydroxyl groups is 1. The van der Waals surface area contributed by atoms with E-state index in [0.717, 1.165) is 31.7 Å². The van der Waals surface area contributed by atoms with Crippen molar-refractivity contribution in [3.05, 3.63) is 0 Å². The van der Waals surface area contributed by atoms with Crippen LogP contribution in [0.3, 0.4) is 0 Å². The van der Waals surface area contributed by atoms with Crippen LogP contribution in [0.2, 0.25) is 0 Å². The third kappa shape index (κ3) is 8.18. The first-order chi connectivity index (χ1) is 9.11. The van der Waals surface area contributed by atoms with Gasteiger partial charge in [0.05, 0.1) is 18.8 Å². The molecule has 0 heterocycles. The fourth-order valence-electron chi connectivity index (χ4n) is 2.39. The van der Waals surface area contributed by atoms with E-state index in [1.807, 2.05) is 11.8 Å². The molecule has 2 unspecified atom stereocenters. The van der Waals surface area contributed by atoms with Crippen LogP contribution in [0.5, 0.6) is 0 Å². The lowest BCUT2D eigenvalue weighted by atomic mass is 9.89. The topological polar surface area (TPSA) is 41.5 Å². The molecular weight excluding hydrogens is 258 g/mol. The number of ether oxygens (including phenoxy) is 1. The van der Waals surface area contributed by atoms with Crippen molar-refractivity contribution < 1.29 is 9.84 Å². The molecule has 0 saturated heterocycles. The zero-order valence-corrected chi connectivity index (χ0v) is 13.5. The summed E-state index contributed by atoms with van der Waals surface area (Å²) in [5, 5.41) is 13.8. The molecule has 3 nitrogen and oxygen atoms in total. The molecule has 2 N–H and O–H groups in total. The molecule has 114 valence electrons. The van der Waals surface area contributed by atoms with Crippen LogP contribution in [0.4, 0.5) is 0 Å². The maximum absolute atomic E-state index is 9.86. The molecule has 1 saturated carbocycles. The average molecular weight is 289 g/mol. The summed E-state index contributed by atoms with van der Waals surface area (Å²) in [5.74, 6) is 0.852. The van der Waals surface area contributed by atoms with Gasteiger partial charge in [0, 0.05) is 11.8 Å². The molecule has 2 atom stereocenters. The second kappa shape index (κ2) is 10.0. The summed E-state index contributed by atoms with van der Waals surface area (Å²) in [6.07, 6.45) is 8.15. The smallest absolute Gasteiger partial charge is 0.0897 e. The molecule has 4 heteroatoms. The summed E-state index contributed by atoms with van der Waals surface area (Å²) in [6.45, 7) is 6.63. The van der Waals surface area contributed by atoms with Gasteiger partial charge in [-0.3, -0.25) is 0 Å². The number of hydrogen-bond donors (Lipinski definition) is 2. The van der Waals surface area contributed by atoms with Gasteiger partial charge in [-0.15, -0.1) is 0 Å². The molecule has 0 aliphatic heterocycles. The Kier molecular flexibility index (Phi) is 9.12. The first kappa shape index (κ1) is 17.3. The van der Waals surface area contributed by atoms with Gasteiger partial charge >= 0.3 is 0 Å². The number of nitrogens with one attached hydrogen (secondary N) is 1. The van der Waals surface area contributed by atoms with Crippen LogP contribution in [-0.2, 0) is 4.74 Å². The van der Waals surface area contributed by atoms with Gasteiger partial charge < -0.3 is 15.2 Å². The van der Waals surface area contributed by atoms with Crippen molar-refractivity contribution in [3.8, 4) is 0 Å². The van der Waals surface area contributed by atoms with Crippen molar-refractivity contribution >= 4 is 11.8 Å². The van der Waals surface area contributed by atoms with Gasteiger partial charge in [-0.1, -0.05) is 13.8 Å². The highest BCUT2D eigenvalue weighted by Crippen LogP contribution is 2.25. The standard InChI is InChI=1S/C15H31NO2S/c1-12-4-6-15(7-5-12)18-11-14(17)10-16-9-8-13(2)19-3/h12-17H,4-11H2,1-3H3. The van der Waals surface area contributed by atoms with Gasteiger partial charge in [-0.05, 0) is 50.8 Å². The molecule has 1 aliphatic carbocycles. The second-order valence-electron chi connectivity index (χ2n) is 5.91. The lowest BCUT2D eigenvalue weighted by Gasteiger charge is -2.27. The minimum atomic E-state index is -0.371. The van der Waals surface area contributed by atoms with E-state index >= 15 is 0 Å². The van der Waals surface area contributed by atoms with Crippen LogP contribution < -0.4 is 5.32 Å². The predicted octanol–water partition coefficient (Wildman–Crippen LogP) is 2.67. The van der Waals surface area contributed by atoms with E-state index < -0.39 is 0 Å². The lowest BCUT2D eigenvalue weighted by Crippen LogP contribution is -2.33. The summed E-state index contributed by atoms with van der Waals surface area (Å²) in [7, 11) is 0. The Morgan fingerprint density at radius 1 is 1.32 bits per heavy atom. The van der Waals surface area contributed by atoms with Crippen LogP contribution in [0.25, 0.3) is 0 Å².